The van der Waals surface area contributed by atoms with Gasteiger partial charge in [-0.1, -0.05) is 29.8 Å². The lowest BCUT2D eigenvalue weighted by Crippen LogP contribution is -2.48. The van der Waals surface area contributed by atoms with Crippen LogP contribution in [0.3, 0.4) is 0 Å². The number of urea groups is 1. The van der Waals surface area contributed by atoms with E-state index in [0.717, 1.165) is 54.7 Å². The van der Waals surface area contributed by atoms with E-state index in [1.165, 1.54) is 5.56 Å². The van der Waals surface area contributed by atoms with Crippen molar-refractivity contribution in [3.05, 3.63) is 58.6 Å². The van der Waals surface area contributed by atoms with Crippen LogP contribution in [0.1, 0.15) is 17.0 Å². The van der Waals surface area contributed by atoms with Gasteiger partial charge in [0.15, 0.2) is 0 Å². The largest absolute Gasteiger partial charge is 0.384 e. The second-order valence-electron chi connectivity index (χ2n) is 6.97. The van der Waals surface area contributed by atoms with Gasteiger partial charge in [0, 0.05) is 55.0 Å². The van der Waals surface area contributed by atoms with Crippen molar-refractivity contribution in [1.82, 2.24) is 9.80 Å². The van der Waals surface area contributed by atoms with E-state index in [1.807, 2.05) is 41.3 Å². The molecule has 0 bridgehead atoms. The van der Waals surface area contributed by atoms with Gasteiger partial charge in [-0.2, -0.15) is 0 Å². The van der Waals surface area contributed by atoms with Crippen molar-refractivity contribution in [1.29, 1.82) is 0 Å². The Hall–Kier alpha value is -2.24. The van der Waals surface area contributed by atoms with Crippen molar-refractivity contribution in [3.8, 4) is 0 Å². The van der Waals surface area contributed by atoms with Gasteiger partial charge < -0.3 is 20.4 Å². The average molecular weight is 371 g/mol. The molecule has 0 aromatic heterocycles. The summed E-state index contributed by atoms with van der Waals surface area (Å²) in [6.07, 6.45) is 0. The minimum absolute atomic E-state index is 0.0252. The fourth-order valence-electron chi connectivity index (χ4n) is 3.70. The summed E-state index contributed by atoms with van der Waals surface area (Å²) in [6.45, 7) is 4.14. The summed E-state index contributed by atoms with van der Waals surface area (Å²) in [5, 5.41) is 7.30. The first-order chi connectivity index (χ1) is 12.6. The monoisotopic (exact) mass is 370 g/mol. The number of carbonyl (C=O) groups is 1. The third-order valence-electron chi connectivity index (χ3n) is 5.25. The van der Waals surface area contributed by atoms with Gasteiger partial charge in [-0.25, -0.2) is 4.79 Å². The van der Waals surface area contributed by atoms with Gasteiger partial charge in [0.05, 0.1) is 0 Å². The van der Waals surface area contributed by atoms with E-state index in [9.17, 15) is 4.79 Å². The topological polar surface area (TPSA) is 47.6 Å². The maximum Gasteiger partial charge on any atom is 0.321 e. The summed E-state index contributed by atoms with van der Waals surface area (Å²) < 4.78 is 0. The predicted molar refractivity (Wildman–Crippen MR) is 106 cm³/mol. The minimum atomic E-state index is -0.0252. The summed E-state index contributed by atoms with van der Waals surface area (Å²) >= 11 is 6.21. The number of fused-ring (bicyclic) bond motifs is 1. The smallest absolute Gasteiger partial charge is 0.321 e. The highest BCUT2D eigenvalue weighted by molar-refractivity contribution is 6.30. The van der Waals surface area contributed by atoms with Crippen LogP contribution in [0.25, 0.3) is 0 Å². The molecule has 1 saturated heterocycles. The molecule has 1 atom stereocenters. The highest BCUT2D eigenvalue weighted by Gasteiger charge is 2.27. The molecule has 0 aliphatic carbocycles. The normalized spacial score (nSPS) is 19.8. The average Bonchev–Trinajstić information content (AvgIpc) is 3.05. The zero-order chi connectivity index (χ0) is 18.1. The van der Waals surface area contributed by atoms with Gasteiger partial charge in [0.1, 0.15) is 0 Å². The quantitative estimate of drug-likeness (QED) is 0.847. The molecule has 2 heterocycles. The number of piperazine rings is 1. The second kappa shape index (κ2) is 7.17. The van der Waals surface area contributed by atoms with E-state index in [2.05, 4.69) is 28.6 Å². The third kappa shape index (κ3) is 3.37. The fraction of sp³-hybridized carbons (Fsp3) is 0.350. The van der Waals surface area contributed by atoms with Crippen LogP contribution in [0, 0.1) is 0 Å². The van der Waals surface area contributed by atoms with Gasteiger partial charge >= 0.3 is 6.03 Å². The Bertz CT molecular complexity index is 817. The number of halogens is 1. The third-order valence-corrected chi connectivity index (χ3v) is 5.49. The van der Waals surface area contributed by atoms with Gasteiger partial charge in [0.25, 0.3) is 0 Å². The van der Waals surface area contributed by atoms with E-state index in [0.29, 0.717) is 0 Å². The number of carbonyl (C=O) groups excluding carboxylic acids is 1. The van der Waals surface area contributed by atoms with Crippen LogP contribution in [-0.2, 0) is 0 Å². The van der Waals surface area contributed by atoms with E-state index < -0.39 is 0 Å². The van der Waals surface area contributed by atoms with Gasteiger partial charge in [0.2, 0.25) is 0 Å². The van der Waals surface area contributed by atoms with Crippen LogP contribution in [0.5, 0.6) is 0 Å². The van der Waals surface area contributed by atoms with Crippen molar-refractivity contribution in [2.75, 3.05) is 50.4 Å². The molecule has 6 heteroatoms. The predicted octanol–water partition coefficient (Wildman–Crippen LogP) is 3.68. The molecule has 0 saturated carbocycles. The zero-order valence-corrected chi connectivity index (χ0v) is 15.6. The number of para-hydroxylation sites is 1. The first-order valence-corrected chi connectivity index (χ1v) is 9.36. The van der Waals surface area contributed by atoms with E-state index in [1.54, 1.807) is 0 Å². The molecule has 0 spiro atoms. The van der Waals surface area contributed by atoms with Gasteiger partial charge in [-0.3, -0.25) is 0 Å². The molecule has 2 N–H and O–H groups in total. The Kier molecular flexibility index (Phi) is 4.74. The van der Waals surface area contributed by atoms with Crippen LogP contribution >= 0.6 is 11.6 Å². The number of hydrogen-bond acceptors (Lipinski definition) is 3. The second-order valence-corrected chi connectivity index (χ2v) is 7.41. The Morgan fingerprint density at radius 2 is 1.88 bits per heavy atom. The lowest BCUT2D eigenvalue weighted by Gasteiger charge is -2.32. The number of amides is 2. The van der Waals surface area contributed by atoms with Crippen molar-refractivity contribution in [3.63, 3.8) is 0 Å². The molecule has 136 valence electrons. The zero-order valence-electron chi connectivity index (χ0n) is 14.8. The number of rotatable bonds is 2. The number of anilines is 2. The summed E-state index contributed by atoms with van der Waals surface area (Å²) in [6, 6.07) is 13.9. The van der Waals surface area contributed by atoms with Crippen molar-refractivity contribution < 1.29 is 4.79 Å². The molecule has 1 fully saturated rings. The lowest BCUT2D eigenvalue weighted by atomic mass is 9.92. The summed E-state index contributed by atoms with van der Waals surface area (Å²) in [5.74, 6) is 0.174. The van der Waals surface area contributed by atoms with Crippen molar-refractivity contribution in [2.24, 2.45) is 0 Å². The summed E-state index contributed by atoms with van der Waals surface area (Å²) in [7, 11) is 2.08. The van der Waals surface area contributed by atoms with Crippen LogP contribution in [0.2, 0.25) is 5.02 Å². The minimum Gasteiger partial charge on any atom is -0.384 e. The van der Waals surface area contributed by atoms with Crippen LogP contribution in [0.4, 0.5) is 16.2 Å². The van der Waals surface area contributed by atoms with Gasteiger partial charge in [-0.15, -0.1) is 0 Å². The van der Waals surface area contributed by atoms with Crippen molar-refractivity contribution >= 4 is 29.0 Å². The van der Waals surface area contributed by atoms with E-state index >= 15 is 0 Å². The highest BCUT2D eigenvalue weighted by Crippen LogP contribution is 2.40. The van der Waals surface area contributed by atoms with E-state index in [-0.39, 0.29) is 11.9 Å². The van der Waals surface area contributed by atoms with Crippen LogP contribution < -0.4 is 10.6 Å². The molecular weight excluding hydrogens is 348 g/mol. The van der Waals surface area contributed by atoms with Crippen molar-refractivity contribution in [2.45, 2.75) is 5.92 Å². The molecular formula is C20H23ClN4O. The number of hydrogen-bond donors (Lipinski definition) is 2. The number of nitrogens with one attached hydrogen (secondary N) is 2. The maximum atomic E-state index is 12.7. The molecule has 0 radical (unpaired) electrons. The fourth-order valence-corrected chi connectivity index (χ4v) is 3.88. The Morgan fingerprint density at radius 1 is 1.12 bits per heavy atom. The number of nitrogens with zero attached hydrogens (tertiary/aromatic N) is 2. The molecule has 2 aromatic rings. The molecule has 2 aliphatic rings. The molecule has 5 nitrogen and oxygen atoms in total. The van der Waals surface area contributed by atoms with Crippen LogP contribution in [0.15, 0.2) is 42.5 Å². The molecule has 2 amide bonds. The first-order valence-electron chi connectivity index (χ1n) is 8.98. The number of benzene rings is 2. The van der Waals surface area contributed by atoms with Gasteiger partial charge in [-0.05, 0) is 42.4 Å². The Labute approximate surface area is 158 Å². The number of likely N-dealkylation sites (N-methyl/N-ethyl adjacent to an activating group) is 1. The molecule has 1 unspecified atom stereocenters. The maximum absolute atomic E-state index is 12.7. The SMILES string of the molecule is CN1CCN(C(=O)Nc2ccccc2C2CNc3ccc(Cl)cc32)CC1. The summed E-state index contributed by atoms with van der Waals surface area (Å²) in [4.78, 5) is 16.8. The first kappa shape index (κ1) is 17.2. The lowest BCUT2D eigenvalue weighted by molar-refractivity contribution is 0.164. The molecule has 2 aliphatic heterocycles. The van der Waals surface area contributed by atoms with Crippen LogP contribution in [-0.4, -0.2) is 55.6 Å². The standard InChI is InChI=1S/C20H23ClN4O/c1-24-8-10-25(11-9-24)20(26)23-19-5-3-2-4-15(19)17-13-22-18-7-6-14(21)12-16(17)18/h2-7,12,17,22H,8-11,13H2,1H3,(H,23,26). The Morgan fingerprint density at radius 3 is 2.69 bits per heavy atom. The van der Waals surface area contributed by atoms with E-state index in [4.69, 9.17) is 11.6 Å². The molecule has 4 rings (SSSR count). The highest BCUT2D eigenvalue weighted by atomic mass is 35.5. The molecule has 26 heavy (non-hydrogen) atoms. The molecule has 2 aromatic carbocycles. The summed E-state index contributed by atoms with van der Waals surface area (Å²) in [5.41, 5.74) is 4.28. The Balaban J connectivity index is 1.57.